The highest BCUT2D eigenvalue weighted by Crippen LogP contribution is 1.97. The molecule has 78 valence electrons. The van der Waals surface area contributed by atoms with E-state index in [0.29, 0.717) is 19.2 Å². The molecule has 1 aliphatic heterocycles. The molecule has 0 saturated heterocycles. The molecule has 0 atom stereocenters. The average Bonchev–Trinajstić information content (AvgIpc) is 2.31. The largest absolute Gasteiger partial charge is 0.337 e. The minimum atomic E-state index is 0.647. The number of nitrogens with one attached hydrogen (secondary N) is 1. The number of guanidine groups is 1. The molecule has 15 heavy (non-hydrogen) atoms. The van der Waals surface area contributed by atoms with Gasteiger partial charge in [0.25, 0.3) is 0 Å². The van der Waals surface area contributed by atoms with Crippen LogP contribution < -0.4 is 5.32 Å². The van der Waals surface area contributed by atoms with Crippen LogP contribution in [0.4, 0.5) is 0 Å². The minimum Gasteiger partial charge on any atom is -0.337 e. The normalized spacial score (nSPS) is 17.9. The number of hydrogen-bond acceptors (Lipinski definition) is 4. The third kappa shape index (κ3) is 2.49. The van der Waals surface area contributed by atoms with Crippen molar-refractivity contribution < 1.29 is 0 Å². The lowest BCUT2D eigenvalue weighted by atomic mass is 10.5. The van der Waals surface area contributed by atoms with E-state index < -0.39 is 0 Å². The molecule has 1 aliphatic rings. The van der Waals surface area contributed by atoms with Crippen molar-refractivity contribution in [2.45, 2.75) is 6.54 Å². The Morgan fingerprint density at radius 1 is 1.47 bits per heavy atom. The molecule has 2 rings (SSSR count). The fourth-order valence-electron chi connectivity index (χ4n) is 1.22. The molecule has 0 aliphatic carbocycles. The quantitative estimate of drug-likeness (QED) is 0.727. The first kappa shape index (κ1) is 9.57. The number of rotatable bonds is 2. The molecule has 0 fully saturated rings. The second kappa shape index (κ2) is 4.50. The third-order valence-corrected chi connectivity index (χ3v) is 1.96. The fraction of sp³-hybridized carbons (Fsp3) is 0.333. The van der Waals surface area contributed by atoms with Gasteiger partial charge in [0.15, 0.2) is 0 Å². The van der Waals surface area contributed by atoms with Crippen LogP contribution in [-0.4, -0.2) is 40.9 Å². The van der Waals surface area contributed by atoms with Gasteiger partial charge in [-0.1, -0.05) is 0 Å². The Morgan fingerprint density at radius 3 is 2.87 bits per heavy atom. The van der Waals surface area contributed by atoms with Crippen molar-refractivity contribution >= 4 is 12.3 Å². The summed E-state index contributed by atoms with van der Waals surface area (Å²) in [5.74, 6) is 1.43. The van der Waals surface area contributed by atoms with Crippen molar-refractivity contribution in [2.24, 2.45) is 9.98 Å². The standard InChI is InChI=1S/C9H12N6/c1-10-9-13-6-15(7-14-9)5-8-11-3-2-4-12-8/h2-4,6H,5,7H2,1H3,(H,10,14). The maximum Gasteiger partial charge on any atom is 0.220 e. The van der Waals surface area contributed by atoms with E-state index in [2.05, 4.69) is 25.3 Å². The molecule has 0 unspecified atom stereocenters. The van der Waals surface area contributed by atoms with E-state index in [-0.39, 0.29) is 0 Å². The van der Waals surface area contributed by atoms with Crippen LogP contribution in [0.25, 0.3) is 0 Å². The van der Waals surface area contributed by atoms with E-state index in [1.807, 2.05) is 4.90 Å². The Kier molecular flexibility index (Phi) is 2.87. The van der Waals surface area contributed by atoms with Crippen molar-refractivity contribution in [1.82, 2.24) is 20.2 Å². The predicted molar refractivity (Wildman–Crippen MR) is 57.4 cm³/mol. The van der Waals surface area contributed by atoms with Gasteiger partial charge < -0.3 is 10.2 Å². The first-order chi connectivity index (χ1) is 7.38. The molecule has 1 aromatic heterocycles. The van der Waals surface area contributed by atoms with Crippen LogP contribution in [-0.2, 0) is 6.54 Å². The van der Waals surface area contributed by atoms with Crippen LogP contribution >= 0.6 is 0 Å². The molecule has 0 bridgehead atoms. The molecule has 1 N–H and O–H groups in total. The van der Waals surface area contributed by atoms with E-state index in [1.54, 1.807) is 31.8 Å². The van der Waals surface area contributed by atoms with Crippen LogP contribution in [0.5, 0.6) is 0 Å². The monoisotopic (exact) mass is 204 g/mol. The topological polar surface area (TPSA) is 65.8 Å². The summed E-state index contributed by atoms with van der Waals surface area (Å²) in [6.07, 6.45) is 5.21. The van der Waals surface area contributed by atoms with Crippen molar-refractivity contribution in [3.8, 4) is 0 Å². The molecule has 2 heterocycles. The minimum absolute atomic E-state index is 0.647. The highest BCUT2D eigenvalue weighted by Gasteiger charge is 2.08. The Hall–Kier alpha value is -1.98. The van der Waals surface area contributed by atoms with E-state index >= 15 is 0 Å². The Labute approximate surface area is 87.8 Å². The lowest BCUT2D eigenvalue weighted by Crippen LogP contribution is -2.40. The summed E-state index contributed by atoms with van der Waals surface area (Å²) in [6.45, 7) is 1.32. The molecule has 0 amide bonds. The van der Waals surface area contributed by atoms with Gasteiger partial charge in [-0.15, -0.1) is 0 Å². The van der Waals surface area contributed by atoms with Gasteiger partial charge in [0.1, 0.15) is 5.82 Å². The lowest BCUT2D eigenvalue weighted by Gasteiger charge is -2.23. The van der Waals surface area contributed by atoms with Gasteiger partial charge in [-0.25, -0.2) is 15.0 Å². The molecule has 0 aromatic carbocycles. The zero-order chi connectivity index (χ0) is 10.5. The number of aliphatic imine (C=N–C) groups is 2. The summed E-state index contributed by atoms with van der Waals surface area (Å²) in [5.41, 5.74) is 0. The van der Waals surface area contributed by atoms with Gasteiger partial charge in [-0.3, -0.25) is 4.99 Å². The number of aromatic nitrogens is 2. The summed E-state index contributed by atoms with van der Waals surface area (Å²) in [6, 6.07) is 1.80. The summed E-state index contributed by atoms with van der Waals surface area (Å²) in [4.78, 5) is 18.3. The van der Waals surface area contributed by atoms with E-state index in [1.165, 1.54) is 0 Å². The van der Waals surface area contributed by atoms with Crippen LogP contribution in [0.2, 0.25) is 0 Å². The third-order valence-electron chi connectivity index (χ3n) is 1.96. The zero-order valence-electron chi connectivity index (χ0n) is 8.46. The molecule has 6 heteroatoms. The van der Waals surface area contributed by atoms with Crippen molar-refractivity contribution in [3.05, 3.63) is 24.3 Å². The van der Waals surface area contributed by atoms with Crippen LogP contribution in [0, 0.1) is 0 Å². The highest BCUT2D eigenvalue weighted by molar-refractivity contribution is 5.88. The summed E-state index contributed by atoms with van der Waals surface area (Å²) < 4.78 is 0. The molecular weight excluding hydrogens is 192 g/mol. The van der Waals surface area contributed by atoms with Gasteiger partial charge in [0, 0.05) is 19.4 Å². The second-order valence-electron chi connectivity index (χ2n) is 3.04. The first-order valence-corrected chi connectivity index (χ1v) is 4.63. The Morgan fingerprint density at radius 2 is 2.27 bits per heavy atom. The zero-order valence-corrected chi connectivity index (χ0v) is 8.46. The highest BCUT2D eigenvalue weighted by atomic mass is 15.3. The van der Waals surface area contributed by atoms with Crippen LogP contribution in [0.15, 0.2) is 28.4 Å². The predicted octanol–water partition coefficient (Wildman–Crippen LogP) is -0.147. The maximum atomic E-state index is 4.14. The average molecular weight is 204 g/mol. The summed E-state index contributed by atoms with van der Waals surface area (Å²) in [7, 11) is 1.70. The first-order valence-electron chi connectivity index (χ1n) is 4.63. The Bertz CT molecular complexity index is 371. The van der Waals surface area contributed by atoms with Gasteiger partial charge in [0.05, 0.1) is 19.6 Å². The fourth-order valence-corrected chi connectivity index (χ4v) is 1.22. The van der Waals surface area contributed by atoms with E-state index in [0.717, 1.165) is 5.82 Å². The molecule has 0 radical (unpaired) electrons. The van der Waals surface area contributed by atoms with E-state index in [4.69, 9.17) is 0 Å². The molecule has 6 nitrogen and oxygen atoms in total. The molecule has 0 spiro atoms. The van der Waals surface area contributed by atoms with Gasteiger partial charge in [0.2, 0.25) is 5.96 Å². The molecular formula is C9H12N6. The second-order valence-corrected chi connectivity index (χ2v) is 3.04. The van der Waals surface area contributed by atoms with Crippen LogP contribution in [0.1, 0.15) is 5.82 Å². The van der Waals surface area contributed by atoms with Crippen molar-refractivity contribution in [3.63, 3.8) is 0 Å². The van der Waals surface area contributed by atoms with E-state index in [9.17, 15) is 0 Å². The maximum absolute atomic E-state index is 4.14. The van der Waals surface area contributed by atoms with Gasteiger partial charge >= 0.3 is 0 Å². The Balaban J connectivity index is 1.98. The van der Waals surface area contributed by atoms with Gasteiger partial charge in [-0.05, 0) is 6.07 Å². The molecule has 1 aromatic rings. The number of hydrogen-bond donors (Lipinski definition) is 1. The summed E-state index contributed by atoms with van der Waals surface area (Å²) in [5, 5.41) is 3.06. The lowest BCUT2D eigenvalue weighted by molar-refractivity contribution is 0.396. The van der Waals surface area contributed by atoms with Gasteiger partial charge in [-0.2, -0.15) is 0 Å². The summed E-state index contributed by atoms with van der Waals surface area (Å²) >= 11 is 0. The smallest absolute Gasteiger partial charge is 0.220 e. The van der Waals surface area contributed by atoms with Crippen molar-refractivity contribution in [2.75, 3.05) is 13.7 Å². The SMILES string of the molecule is CN=C1N=CN(Cc2ncccn2)CN1. The van der Waals surface area contributed by atoms with Crippen LogP contribution in [0.3, 0.4) is 0 Å². The number of nitrogens with zero attached hydrogens (tertiary/aromatic N) is 5. The molecule has 0 saturated carbocycles. The van der Waals surface area contributed by atoms with Crippen molar-refractivity contribution in [1.29, 1.82) is 0 Å².